The molecule has 0 bridgehead atoms. The van der Waals surface area contributed by atoms with Gasteiger partial charge in [-0.05, 0) is 18.8 Å². The van der Waals surface area contributed by atoms with Gasteiger partial charge in [0.1, 0.15) is 0 Å². The van der Waals surface area contributed by atoms with Crippen LogP contribution in [0.4, 0.5) is 0 Å². The number of ether oxygens (including phenoxy) is 1. The summed E-state index contributed by atoms with van der Waals surface area (Å²) in [5, 5.41) is 0. The van der Waals surface area contributed by atoms with Gasteiger partial charge in [-0.25, -0.2) is 0 Å². The van der Waals surface area contributed by atoms with Gasteiger partial charge in [0.2, 0.25) is 0 Å². The maximum absolute atomic E-state index is 11.7. The van der Waals surface area contributed by atoms with Gasteiger partial charge in [0.05, 0.1) is 6.61 Å². The summed E-state index contributed by atoms with van der Waals surface area (Å²) >= 11 is 0. The van der Waals surface area contributed by atoms with E-state index >= 15 is 0 Å². The Hall–Kier alpha value is -0.530. The van der Waals surface area contributed by atoms with Crippen molar-refractivity contribution in [2.24, 2.45) is 5.92 Å². The summed E-state index contributed by atoms with van der Waals surface area (Å²) in [5.41, 5.74) is 0. The molecule has 0 rings (SSSR count). The molecule has 0 aliphatic heterocycles. The number of carbonyl (C=O) groups excluding carboxylic acids is 1. The van der Waals surface area contributed by atoms with Crippen molar-refractivity contribution in [3.05, 3.63) is 0 Å². The van der Waals surface area contributed by atoms with E-state index in [-0.39, 0.29) is 5.97 Å². The molecule has 1 unspecified atom stereocenters. The Kier molecular flexibility index (Phi) is 20.4. The van der Waals surface area contributed by atoms with Crippen LogP contribution in [0, 0.1) is 5.92 Å². The van der Waals surface area contributed by atoms with Crippen molar-refractivity contribution in [2.75, 3.05) is 6.61 Å². The van der Waals surface area contributed by atoms with Crippen LogP contribution < -0.4 is 0 Å². The molecule has 156 valence electrons. The van der Waals surface area contributed by atoms with Crippen molar-refractivity contribution >= 4 is 5.97 Å². The van der Waals surface area contributed by atoms with E-state index in [1.54, 1.807) is 0 Å². The molecule has 0 radical (unpaired) electrons. The van der Waals surface area contributed by atoms with Crippen molar-refractivity contribution in [3.8, 4) is 0 Å². The monoisotopic (exact) mass is 368 g/mol. The molecule has 0 aromatic rings. The van der Waals surface area contributed by atoms with Gasteiger partial charge in [0, 0.05) is 6.42 Å². The highest BCUT2D eigenvalue weighted by Crippen LogP contribution is 2.15. The van der Waals surface area contributed by atoms with Crippen LogP contribution in [-0.4, -0.2) is 12.6 Å². The van der Waals surface area contributed by atoms with Crippen molar-refractivity contribution in [3.63, 3.8) is 0 Å². The largest absolute Gasteiger partial charge is 0.465 e. The second kappa shape index (κ2) is 20.8. The molecule has 2 nitrogen and oxygen atoms in total. The van der Waals surface area contributed by atoms with E-state index in [2.05, 4.69) is 20.8 Å². The zero-order chi connectivity index (χ0) is 19.3. The Morgan fingerprint density at radius 1 is 0.654 bits per heavy atom. The summed E-state index contributed by atoms with van der Waals surface area (Å²) in [6.07, 6.45) is 23.0. The van der Waals surface area contributed by atoms with Crippen LogP contribution in [0.1, 0.15) is 136 Å². The van der Waals surface area contributed by atoms with Gasteiger partial charge >= 0.3 is 5.97 Å². The summed E-state index contributed by atoms with van der Waals surface area (Å²) in [5.74, 6) is 0.518. The molecule has 0 saturated carbocycles. The van der Waals surface area contributed by atoms with Crippen molar-refractivity contribution in [1.82, 2.24) is 0 Å². The number of unbranched alkanes of at least 4 members (excludes halogenated alkanes) is 14. The fraction of sp³-hybridized carbons (Fsp3) is 0.958. The minimum absolute atomic E-state index is 0.00675. The van der Waals surface area contributed by atoms with Gasteiger partial charge in [-0.3, -0.25) is 4.79 Å². The number of hydrogen-bond donors (Lipinski definition) is 0. The zero-order valence-corrected chi connectivity index (χ0v) is 18.3. The molecule has 0 aliphatic carbocycles. The predicted octanol–water partition coefficient (Wildman–Crippen LogP) is 8.23. The SMILES string of the molecule is CCCCCCCCCCCCCC(C)COC(=O)CCCCCCC. The highest BCUT2D eigenvalue weighted by atomic mass is 16.5. The first-order chi connectivity index (χ1) is 12.7. The van der Waals surface area contributed by atoms with Crippen LogP contribution in [0.5, 0.6) is 0 Å². The van der Waals surface area contributed by atoms with Crippen molar-refractivity contribution in [2.45, 2.75) is 136 Å². The van der Waals surface area contributed by atoms with E-state index in [1.807, 2.05) is 0 Å². The lowest BCUT2D eigenvalue weighted by molar-refractivity contribution is -0.145. The van der Waals surface area contributed by atoms with E-state index < -0.39 is 0 Å². The van der Waals surface area contributed by atoms with Crippen molar-refractivity contribution in [1.29, 1.82) is 0 Å². The lowest BCUT2D eigenvalue weighted by Crippen LogP contribution is -2.11. The number of carbonyl (C=O) groups is 1. The summed E-state index contributed by atoms with van der Waals surface area (Å²) in [6, 6.07) is 0. The van der Waals surface area contributed by atoms with Crippen LogP contribution in [0.15, 0.2) is 0 Å². The predicted molar refractivity (Wildman–Crippen MR) is 115 cm³/mol. The fourth-order valence-electron chi connectivity index (χ4n) is 3.42. The normalized spacial score (nSPS) is 12.3. The average Bonchev–Trinajstić information content (AvgIpc) is 2.64. The maximum atomic E-state index is 11.7. The maximum Gasteiger partial charge on any atom is 0.305 e. The molecule has 0 heterocycles. The Morgan fingerprint density at radius 3 is 1.58 bits per heavy atom. The third kappa shape index (κ3) is 19.8. The number of esters is 1. The lowest BCUT2D eigenvalue weighted by Gasteiger charge is -2.12. The molecular weight excluding hydrogens is 320 g/mol. The number of hydrogen-bond acceptors (Lipinski definition) is 2. The van der Waals surface area contributed by atoms with E-state index in [1.165, 1.54) is 96.3 Å². The van der Waals surface area contributed by atoms with E-state index in [0.717, 1.165) is 12.8 Å². The van der Waals surface area contributed by atoms with Gasteiger partial charge in [-0.2, -0.15) is 0 Å². The molecule has 0 fully saturated rings. The Morgan fingerprint density at radius 2 is 1.08 bits per heavy atom. The molecule has 0 amide bonds. The topological polar surface area (TPSA) is 26.3 Å². The van der Waals surface area contributed by atoms with Crippen LogP contribution in [-0.2, 0) is 9.53 Å². The highest BCUT2D eigenvalue weighted by molar-refractivity contribution is 5.69. The summed E-state index contributed by atoms with van der Waals surface area (Å²) in [7, 11) is 0. The first kappa shape index (κ1) is 25.5. The molecular formula is C24H48O2. The summed E-state index contributed by atoms with van der Waals surface area (Å²) in [6.45, 7) is 7.32. The second-order valence-corrected chi connectivity index (χ2v) is 8.28. The molecule has 1 atom stereocenters. The Labute approximate surface area is 164 Å². The molecule has 0 aromatic carbocycles. The van der Waals surface area contributed by atoms with E-state index in [4.69, 9.17) is 4.74 Å². The van der Waals surface area contributed by atoms with Crippen molar-refractivity contribution < 1.29 is 9.53 Å². The first-order valence-corrected chi connectivity index (χ1v) is 11.9. The van der Waals surface area contributed by atoms with E-state index in [0.29, 0.717) is 18.9 Å². The van der Waals surface area contributed by atoms with Gasteiger partial charge < -0.3 is 4.74 Å². The highest BCUT2D eigenvalue weighted by Gasteiger charge is 2.07. The Bertz CT molecular complexity index is 288. The van der Waals surface area contributed by atoms with Gasteiger partial charge in [-0.15, -0.1) is 0 Å². The molecule has 0 N–H and O–H groups in total. The lowest BCUT2D eigenvalue weighted by atomic mass is 10.0. The minimum atomic E-state index is 0.00675. The third-order valence-corrected chi connectivity index (χ3v) is 5.31. The fourth-order valence-corrected chi connectivity index (χ4v) is 3.42. The molecule has 0 spiro atoms. The zero-order valence-electron chi connectivity index (χ0n) is 18.3. The molecule has 0 saturated heterocycles. The van der Waals surface area contributed by atoms with Gasteiger partial charge in [0.15, 0.2) is 0 Å². The average molecular weight is 369 g/mol. The summed E-state index contributed by atoms with van der Waals surface area (Å²) in [4.78, 5) is 11.7. The third-order valence-electron chi connectivity index (χ3n) is 5.31. The summed E-state index contributed by atoms with van der Waals surface area (Å²) < 4.78 is 5.42. The van der Waals surface area contributed by atoms with E-state index in [9.17, 15) is 4.79 Å². The van der Waals surface area contributed by atoms with Gasteiger partial charge in [-0.1, -0.05) is 117 Å². The molecule has 2 heteroatoms. The molecule has 0 aromatic heterocycles. The standard InChI is InChI=1S/C24H48O2/c1-4-6-8-10-11-12-13-14-15-17-18-20-23(3)22-26-24(25)21-19-16-9-7-5-2/h23H,4-22H2,1-3H3. The second-order valence-electron chi connectivity index (χ2n) is 8.28. The van der Waals surface area contributed by atoms with Crippen LogP contribution in [0.3, 0.4) is 0 Å². The minimum Gasteiger partial charge on any atom is -0.465 e. The molecule has 26 heavy (non-hydrogen) atoms. The van der Waals surface area contributed by atoms with Crippen LogP contribution >= 0.6 is 0 Å². The van der Waals surface area contributed by atoms with Crippen LogP contribution in [0.2, 0.25) is 0 Å². The smallest absolute Gasteiger partial charge is 0.305 e. The number of rotatable bonds is 20. The van der Waals surface area contributed by atoms with Gasteiger partial charge in [0.25, 0.3) is 0 Å². The molecule has 0 aliphatic rings. The van der Waals surface area contributed by atoms with Crippen LogP contribution in [0.25, 0.3) is 0 Å². The Balaban J connectivity index is 3.28. The quantitative estimate of drug-likeness (QED) is 0.160. The first-order valence-electron chi connectivity index (χ1n) is 11.9.